The number of ether oxygens (including phenoxy) is 3. The molecule has 1 N–H and O–H groups in total. The first-order valence-corrected chi connectivity index (χ1v) is 13.3. The second kappa shape index (κ2) is 10.00. The lowest BCUT2D eigenvalue weighted by molar-refractivity contribution is -0.144. The summed E-state index contributed by atoms with van der Waals surface area (Å²) in [4.78, 5) is 23.0. The average molecular weight is 493 g/mol. The molecule has 192 valence electrons. The molecule has 1 aromatic heterocycles. The van der Waals surface area contributed by atoms with Gasteiger partial charge in [-0.15, -0.1) is 0 Å². The second-order valence-corrected chi connectivity index (χ2v) is 10.7. The van der Waals surface area contributed by atoms with E-state index in [1.807, 2.05) is 11.0 Å². The van der Waals surface area contributed by atoms with Crippen LogP contribution in [0, 0.1) is 5.92 Å². The van der Waals surface area contributed by atoms with Crippen LogP contribution in [0.15, 0.2) is 36.5 Å². The Morgan fingerprint density at radius 3 is 2.64 bits per heavy atom. The smallest absolute Gasteiger partial charge is 0.230 e. The van der Waals surface area contributed by atoms with Gasteiger partial charge in [0.05, 0.1) is 55.5 Å². The first-order chi connectivity index (χ1) is 17.5. The summed E-state index contributed by atoms with van der Waals surface area (Å²) in [6.45, 7) is 7.52. The van der Waals surface area contributed by atoms with Crippen molar-refractivity contribution in [1.82, 2.24) is 4.98 Å². The summed E-state index contributed by atoms with van der Waals surface area (Å²) in [6, 6.07) is 10.4. The molecule has 2 bridgehead atoms. The Morgan fingerprint density at radius 1 is 1.11 bits per heavy atom. The third kappa shape index (κ3) is 4.82. The summed E-state index contributed by atoms with van der Waals surface area (Å²) in [7, 11) is 0. The van der Waals surface area contributed by atoms with Gasteiger partial charge in [0.2, 0.25) is 5.91 Å². The second-order valence-electron chi connectivity index (χ2n) is 10.7. The minimum atomic E-state index is 0.00614. The maximum absolute atomic E-state index is 14.0. The van der Waals surface area contributed by atoms with E-state index < -0.39 is 0 Å². The Labute approximate surface area is 212 Å². The Balaban J connectivity index is 1.29. The molecule has 4 heterocycles. The SMILES string of the molecule is CC(C)OC1CCC(C(=O)N2Cc3cccnc3Nc3ccc(N4CC5COCC(C4)O5)cc32)CC1. The number of morpholine rings is 1. The highest BCUT2D eigenvalue weighted by molar-refractivity contribution is 6.00. The summed E-state index contributed by atoms with van der Waals surface area (Å²) in [5.41, 5.74) is 3.97. The number of benzene rings is 1. The van der Waals surface area contributed by atoms with Crippen molar-refractivity contribution in [3.63, 3.8) is 0 Å². The van der Waals surface area contributed by atoms with Gasteiger partial charge < -0.3 is 29.3 Å². The van der Waals surface area contributed by atoms with E-state index in [1.54, 1.807) is 6.20 Å². The standard InChI is InChI=1S/C28H36N4O4/c1-18(2)35-22-8-5-19(6-9-22)28(33)32-13-20-4-3-11-29-27(20)30-25-10-7-21(12-26(25)32)31-14-23-16-34-17-24(15-31)36-23/h3-4,7,10-12,18-19,22-24H,5-6,8-9,13-17H2,1-2H3,(H,29,30). The Hall–Kier alpha value is -2.68. The molecular weight excluding hydrogens is 456 g/mol. The highest BCUT2D eigenvalue weighted by Crippen LogP contribution is 2.40. The molecular formula is C28H36N4O4. The van der Waals surface area contributed by atoms with Gasteiger partial charge in [0.1, 0.15) is 5.82 Å². The topological polar surface area (TPSA) is 76.2 Å². The minimum Gasteiger partial charge on any atom is -0.376 e. The van der Waals surface area contributed by atoms with Crippen LogP contribution in [0.2, 0.25) is 0 Å². The van der Waals surface area contributed by atoms with Crippen molar-refractivity contribution in [1.29, 1.82) is 0 Å². The van der Waals surface area contributed by atoms with E-state index in [0.29, 0.717) is 19.8 Å². The predicted molar refractivity (Wildman–Crippen MR) is 139 cm³/mol. The van der Waals surface area contributed by atoms with Crippen LogP contribution in [-0.4, -0.2) is 61.6 Å². The molecule has 2 unspecified atom stereocenters. The minimum absolute atomic E-state index is 0.00614. The van der Waals surface area contributed by atoms with Gasteiger partial charge in [0.25, 0.3) is 0 Å². The molecule has 6 rings (SSSR count). The summed E-state index contributed by atoms with van der Waals surface area (Å²) >= 11 is 0. The Morgan fingerprint density at radius 2 is 1.89 bits per heavy atom. The van der Waals surface area contributed by atoms with E-state index in [2.05, 4.69) is 53.3 Å². The molecule has 2 aromatic rings. The number of aromatic nitrogens is 1. The lowest BCUT2D eigenvalue weighted by Crippen LogP contribution is -2.54. The number of nitrogens with zero attached hydrogens (tertiary/aromatic N) is 3. The van der Waals surface area contributed by atoms with Crippen molar-refractivity contribution < 1.29 is 19.0 Å². The summed E-state index contributed by atoms with van der Waals surface area (Å²) in [5.74, 6) is 1.02. The van der Waals surface area contributed by atoms with Crippen LogP contribution in [0.25, 0.3) is 0 Å². The van der Waals surface area contributed by atoms with E-state index >= 15 is 0 Å². The number of anilines is 4. The Bertz CT molecular complexity index is 1090. The monoisotopic (exact) mass is 492 g/mol. The van der Waals surface area contributed by atoms with Gasteiger partial charge in [0.15, 0.2) is 0 Å². The maximum Gasteiger partial charge on any atom is 0.230 e. The largest absolute Gasteiger partial charge is 0.376 e. The molecule has 3 aliphatic heterocycles. The van der Waals surface area contributed by atoms with Crippen molar-refractivity contribution in [3.05, 3.63) is 42.1 Å². The van der Waals surface area contributed by atoms with Crippen molar-refractivity contribution >= 4 is 28.8 Å². The van der Waals surface area contributed by atoms with Crippen LogP contribution in [-0.2, 0) is 25.5 Å². The van der Waals surface area contributed by atoms with E-state index in [9.17, 15) is 4.79 Å². The summed E-state index contributed by atoms with van der Waals surface area (Å²) < 4.78 is 17.8. The molecule has 8 heteroatoms. The first kappa shape index (κ1) is 23.7. The summed E-state index contributed by atoms with van der Waals surface area (Å²) in [5, 5.41) is 3.50. The molecule has 2 saturated heterocycles. The third-order valence-corrected chi connectivity index (χ3v) is 7.70. The molecule has 1 aromatic carbocycles. The van der Waals surface area contributed by atoms with Crippen LogP contribution in [0.5, 0.6) is 0 Å². The summed E-state index contributed by atoms with van der Waals surface area (Å²) in [6.07, 6.45) is 6.04. The van der Waals surface area contributed by atoms with Gasteiger partial charge in [-0.2, -0.15) is 0 Å². The fraction of sp³-hybridized carbons (Fsp3) is 0.571. The van der Waals surface area contributed by atoms with Crippen molar-refractivity contribution in [2.24, 2.45) is 5.92 Å². The fourth-order valence-electron chi connectivity index (χ4n) is 6.01. The first-order valence-electron chi connectivity index (χ1n) is 13.3. The average Bonchev–Trinajstić information content (AvgIpc) is 3.04. The Kier molecular flexibility index (Phi) is 6.58. The molecule has 36 heavy (non-hydrogen) atoms. The number of hydrogen-bond acceptors (Lipinski definition) is 7. The number of hydrogen-bond donors (Lipinski definition) is 1. The molecule has 0 spiro atoms. The lowest BCUT2D eigenvalue weighted by Gasteiger charge is -2.42. The van der Waals surface area contributed by atoms with Crippen LogP contribution < -0.4 is 15.1 Å². The quantitative estimate of drug-likeness (QED) is 0.683. The number of rotatable bonds is 4. The molecule has 1 saturated carbocycles. The maximum atomic E-state index is 14.0. The highest BCUT2D eigenvalue weighted by atomic mass is 16.6. The van der Waals surface area contributed by atoms with E-state index in [1.165, 1.54) is 0 Å². The zero-order chi connectivity index (χ0) is 24.6. The zero-order valence-corrected chi connectivity index (χ0v) is 21.2. The molecule has 2 atom stereocenters. The van der Waals surface area contributed by atoms with Gasteiger partial charge >= 0.3 is 0 Å². The number of fused-ring (bicyclic) bond motifs is 4. The molecule has 8 nitrogen and oxygen atoms in total. The molecule has 0 radical (unpaired) electrons. The normalized spacial score (nSPS) is 27.6. The van der Waals surface area contributed by atoms with Crippen molar-refractivity contribution in [2.75, 3.05) is 41.4 Å². The lowest BCUT2D eigenvalue weighted by atomic mass is 9.86. The van der Waals surface area contributed by atoms with Gasteiger partial charge in [-0.3, -0.25) is 4.79 Å². The van der Waals surface area contributed by atoms with E-state index in [-0.39, 0.29) is 36.2 Å². The van der Waals surface area contributed by atoms with Gasteiger partial charge in [-0.1, -0.05) is 6.07 Å². The van der Waals surface area contributed by atoms with Gasteiger partial charge in [-0.25, -0.2) is 4.98 Å². The number of carbonyl (C=O) groups is 1. The number of carbonyl (C=O) groups excluding carboxylic acids is 1. The van der Waals surface area contributed by atoms with Crippen LogP contribution >= 0.6 is 0 Å². The van der Waals surface area contributed by atoms with Gasteiger partial charge in [-0.05, 0) is 63.8 Å². The van der Waals surface area contributed by atoms with Crippen LogP contribution in [0.4, 0.5) is 22.9 Å². The van der Waals surface area contributed by atoms with Crippen LogP contribution in [0.1, 0.15) is 45.1 Å². The molecule has 1 amide bonds. The third-order valence-electron chi connectivity index (χ3n) is 7.70. The van der Waals surface area contributed by atoms with Crippen LogP contribution in [0.3, 0.4) is 0 Å². The van der Waals surface area contributed by atoms with E-state index in [0.717, 1.165) is 67.2 Å². The van der Waals surface area contributed by atoms with Crippen molar-refractivity contribution in [3.8, 4) is 0 Å². The zero-order valence-electron chi connectivity index (χ0n) is 21.2. The van der Waals surface area contributed by atoms with E-state index in [4.69, 9.17) is 14.2 Å². The molecule has 3 fully saturated rings. The number of nitrogens with one attached hydrogen (secondary N) is 1. The van der Waals surface area contributed by atoms with Gasteiger partial charge in [0, 0.05) is 36.5 Å². The fourth-order valence-corrected chi connectivity index (χ4v) is 6.01. The highest BCUT2D eigenvalue weighted by Gasteiger charge is 2.35. The van der Waals surface area contributed by atoms with Crippen molar-refractivity contribution in [2.45, 2.75) is 70.5 Å². The number of pyridine rings is 1. The molecule has 4 aliphatic rings. The number of amides is 1. The molecule has 1 aliphatic carbocycles. The predicted octanol–water partition coefficient (Wildman–Crippen LogP) is 4.26.